The van der Waals surface area contributed by atoms with E-state index in [0.29, 0.717) is 11.4 Å². The first kappa shape index (κ1) is 18.8. The van der Waals surface area contributed by atoms with Gasteiger partial charge in [0.05, 0.1) is 11.4 Å². The summed E-state index contributed by atoms with van der Waals surface area (Å²) >= 11 is 1.03. The molecule has 144 valence electrons. The summed E-state index contributed by atoms with van der Waals surface area (Å²) in [6.07, 6.45) is 4.34. The summed E-state index contributed by atoms with van der Waals surface area (Å²) in [5, 5.41) is -0.205. The molecule has 4 nitrogen and oxygen atoms in total. The van der Waals surface area contributed by atoms with E-state index in [1.807, 2.05) is 37.3 Å². The van der Waals surface area contributed by atoms with E-state index in [9.17, 15) is 9.59 Å². The zero-order valence-corrected chi connectivity index (χ0v) is 17.1. The van der Waals surface area contributed by atoms with Crippen LogP contribution in [0.5, 0.6) is 0 Å². The number of anilines is 1. The van der Waals surface area contributed by atoms with Crippen molar-refractivity contribution in [2.24, 2.45) is 0 Å². The second kappa shape index (κ2) is 7.84. The standard InChI is InChI=1S/C23H24N2O2S/c1-16-6-5-7-18(12-16)15-25-22(26)21(28-23(25)27)14-19-8-9-20(13-17(19)2)24-10-3-4-11-24/h5-9,12-14H,3-4,10-11,15H2,1-2H3/b21-14-. The molecule has 2 aromatic rings. The van der Waals surface area contributed by atoms with Crippen LogP contribution in [0.1, 0.15) is 35.1 Å². The number of thioether (sulfide) groups is 1. The predicted molar refractivity (Wildman–Crippen MR) is 115 cm³/mol. The highest BCUT2D eigenvalue weighted by Crippen LogP contribution is 2.34. The van der Waals surface area contributed by atoms with E-state index in [1.54, 1.807) is 0 Å². The highest BCUT2D eigenvalue weighted by atomic mass is 32.2. The van der Waals surface area contributed by atoms with Gasteiger partial charge in [-0.05, 0) is 73.4 Å². The van der Waals surface area contributed by atoms with Gasteiger partial charge in [-0.2, -0.15) is 0 Å². The number of carbonyl (C=O) groups excluding carboxylic acids is 2. The third-order valence-electron chi connectivity index (χ3n) is 5.31. The lowest BCUT2D eigenvalue weighted by Crippen LogP contribution is -2.27. The first-order valence-electron chi connectivity index (χ1n) is 9.68. The maximum Gasteiger partial charge on any atom is 0.293 e. The molecule has 0 N–H and O–H groups in total. The Kier molecular flexibility index (Phi) is 5.27. The number of hydrogen-bond acceptors (Lipinski definition) is 4. The van der Waals surface area contributed by atoms with E-state index < -0.39 is 0 Å². The minimum Gasteiger partial charge on any atom is -0.372 e. The minimum atomic E-state index is -0.209. The van der Waals surface area contributed by atoms with Crippen molar-refractivity contribution in [1.82, 2.24) is 4.90 Å². The first-order valence-corrected chi connectivity index (χ1v) is 10.5. The van der Waals surface area contributed by atoms with E-state index in [2.05, 4.69) is 30.0 Å². The van der Waals surface area contributed by atoms with Crippen LogP contribution >= 0.6 is 11.8 Å². The molecule has 2 fully saturated rings. The third kappa shape index (κ3) is 3.85. The van der Waals surface area contributed by atoms with E-state index in [0.717, 1.165) is 47.1 Å². The van der Waals surface area contributed by atoms with Crippen LogP contribution < -0.4 is 4.90 Å². The molecule has 2 amide bonds. The largest absolute Gasteiger partial charge is 0.372 e. The van der Waals surface area contributed by atoms with Crippen LogP contribution in [0.3, 0.4) is 0 Å². The van der Waals surface area contributed by atoms with Gasteiger partial charge < -0.3 is 4.90 Å². The quantitative estimate of drug-likeness (QED) is 0.676. The molecule has 0 radical (unpaired) electrons. The molecule has 2 saturated heterocycles. The molecule has 2 aliphatic heterocycles. The highest BCUT2D eigenvalue weighted by molar-refractivity contribution is 8.18. The first-order chi connectivity index (χ1) is 13.5. The SMILES string of the molecule is Cc1cccc(CN2C(=O)S/C(=C\c3ccc(N4CCCC4)cc3C)C2=O)c1. The number of amides is 2. The fourth-order valence-electron chi connectivity index (χ4n) is 3.76. The Bertz CT molecular complexity index is 961. The summed E-state index contributed by atoms with van der Waals surface area (Å²) in [5.74, 6) is -0.209. The zero-order chi connectivity index (χ0) is 19.7. The topological polar surface area (TPSA) is 40.6 Å². The van der Waals surface area contributed by atoms with Crippen LogP contribution in [0.2, 0.25) is 0 Å². The summed E-state index contributed by atoms with van der Waals surface area (Å²) in [5.41, 5.74) is 5.43. The Labute approximate surface area is 170 Å². The van der Waals surface area contributed by atoms with E-state index in [1.165, 1.54) is 23.4 Å². The van der Waals surface area contributed by atoms with Crippen molar-refractivity contribution in [3.63, 3.8) is 0 Å². The van der Waals surface area contributed by atoms with Gasteiger partial charge in [-0.25, -0.2) is 0 Å². The highest BCUT2D eigenvalue weighted by Gasteiger charge is 2.35. The Hall–Kier alpha value is -2.53. The summed E-state index contributed by atoms with van der Waals surface area (Å²) in [6.45, 7) is 6.60. The van der Waals surface area contributed by atoms with Gasteiger partial charge in [-0.1, -0.05) is 35.9 Å². The lowest BCUT2D eigenvalue weighted by atomic mass is 10.1. The van der Waals surface area contributed by atoms with E-state index in [-0.39, 0.29) is 11.1 Å². The molecule has 2 aromatic carbocycles. The fourth-order valence-corrected chi connectivity index (χ4v) is 4.59. The molecule has 0 spiro atoms. The lowest BCUT2D eigenvalue weighted by molar-refractivity contribution is -0.123. The summed E-state index contributed by atoms with van der Waals surface area (Å²) < 4.78 is 0. The van der Waals surface area contributed by atoms with Crippen LogP contribution in [-0.2, 0) is 11.3 Å². The number of hydrogen-bond donors (Lipinski definition) is 0. The maximum absolute atomic E-state index is 12.8. The van der Waals surface area contributed by atoms with Gasteiger partial charge in [0.15, 0.2) is 0 Å². The second-order valence-electron chi connectivity index (χ2n) is 7.49. The van der Waals surface area contributed by atoms with Crippen molar-refractivity contribution in [3.8, 4) is 0 Å². The molecule has 28 heavy (non-hydrogen) atoms. The van der Waals surface area contributed by atoms with Crippen molar-refractivity contribution in [3.05, 3.63) is 69.6 Å². The smallest absolute Gasteiger partial charge is 0.293 e. The van der Waals surface area contributed by atoms with Crippen molar-refractivity contribution in [1.29, 1.82) is 0 Å². The van der Waals surface area contributed by atoms with Gasteiger partial charge >= 0.3 is 0 Å². The molecule has 5 heteroatoms. The van der Waals surface area contributed by atoms with Gasteiger partial charge in [0, 0.05) is 18.8 Å². The number of nitrogens with zero attached hydrogens (tertiary/aromatic N) is 2. The Morgan fingerprint density at radius 3 is 2.54 bits per heavy atom. The second-order valence-corrected chi connectivity index (χ2v) is 8.49. The Morgan fingerprint density at radius 1 is 1.04 bits per heavy atom. The Balaban J connectivity index is 1.53. The number of aryl methyl sites for hydroxylation is 2. The summed E-state index contributed by atoms with van der Waals surface area (Å²) in [4.78, 5) is 29.4. The molecule has 0 unspecified atom stereocenters. The third-order valence-corrected chi connectivity index (χ3v) is 6.22. The minimum absolute atomic E-state index is 0.205. The molecule has 0 saturated carbocycles. The molecular formula is C23H24N2O2S. The van der Waals surface area contributed by atoms with Crippen LogP contribution in [0.4, 0.5) is 10.5 Å². The molecule has 0 bridgehead atoms. The van der Waals surface area contributed by atoms with Crippen molar-refractivity contribution < 1.29 is 9.59 Å². The molecule has 0 atom stereocenters. The van der Waals surface area contributed by atoms with E-state index in [4.69, 9.17) is 0 Å². The molecule has 0 aromatic heterocycles. The van der Waals surface area contributed by atoms with Crippen molar-refractivity contribution in [2.75, 3.05) is 18.0 Å². The van der Waals surface area contributed by atoms with Crippen molar-refractivity contribution in [2.45, 2.75) is 33.2 Å². The average molecular weight is 393 g/mol. The maximum atomic E-state index is 12.8. The van der Waals surface area contributed by atoms with Crippen LogP contribution in [0, 0.1) is 13.8 Å². The van der Waals surface area contributed by atoms with Crippen molar-refractivity contribution >= 4 is 34.7 Å². The molecular weight excluding hydrogens is 368 g/mol. The van der Waals surface area contributed by atoms with Gasteiger partial charge in [0.1, 0.15) is 0 Å². The number of benzene rings is 2. The summed E-state index contributed by atoms with van der Waals surface area (Å²) in [6, 6.07) is 14.2. The lowest BCUT2D eigenvalue weighted by Gasteiger charge is -2.18. The summed E-state index contributed by atoms with van der Waals surface area (Å²) in [7, 11) is 0. The number of carbonyl (C=O) groups is 2. The van der Waals surface area contributed by atoms with E-state index >= 15 is 0 Å². The average Bonchev–Trinajstić information content (AvgIpc) is 3.28. The Morgan fingerprint density at radius 2 is 1.82 bits per heavy atom. The van der Waals surface area contributed by atoms with Crippen LogP contribution in [-0.4, -0.2) is 29.1 Å². The van der Waals surface area contributed by atoms with Crippen LogP contribution in [0.15, 0.2) is 47.4 Å². The zero-order valence-electron chi connectivity index (χ0n) is 16.3. The molecule has 0 aliphatic carbocycles. The van der Waals surface area contributed by atoms with Gasteiger partial charge in [-0.15, -0.1) is 0 Å². The number of rotatable bonds is 4. The normalized spacial score (nSPS) is 18.6. The molecule has 4 rings (SSSR count). The molecule has 2 aliphatic rings. The molecule has 2 heterocycles. The van der Waals surface area contributed by atoms with Gasteiger partial charge in [0.25, 0.3) is 11.1 Å². The van der Waals surface area contributed by atoms with Gasteiger partial charge in [0.2, 0.25) is 0 Å². The monoisotopic (exact) mass is 392 g/mol. The van der Waals surface area contributed by atoms with Crippen LogP contribution in [0.25, 0.3) is 6.08 Å². The van der Waals surface area contributed by atoms with Gasteiger partial charge in [-0.3, -0.25) is 14.5 Å². The fraction of sp³-hybridized carbons (Fsp3) is 0.304. The predicted octanol–water partition coefficient (Wildman–Crippen LogP) is 5.14. The number of imide groups is 1.